The number of carbonyl (C=O) groups is 1. The first-order valence-electron chi connectivity index (χ1n) is 7.93. The van der Waals surface area contributed by atoms with E-state index >= 15 is 0 Å². The van der Waals surface area contributed by atoms with Crippen LogP contribution in [0, 0.1) is 16.0 Å². The van der Waals surface area contributed by atoms with E-state index in [9.17, 15) is 14.9 Å². The molecule has 1 saturated carbocycles. The van der Waals surface area contributed by atoms with Crippen LogP contribution in [0.1, 0.15) is 48.9 Å². The fraction of sp³-hybridized carbons (Fsp3) is 0.562. The number of hydrogen-bond donors (Lipinski definition) is 1. The minimum Gasteiger partial charge on any atom is -0.393 e. The van der Waals surface area contributed by atoms with Crippen LogP contribution in [0.5, 0.6) is 0 Å². The summed E-state index contributed by atoms with van der Waals surface area (Å²) in [6.07, 6.45) is 6.85. The number of nitrogen functional groups attached to an aromatic ring is 1. The fourth-order valence-electron chi connectivity index (χ4n) is 3.88. The van der Waals surface area contributed by atoms with Crippen LogP contribution >= 0.6 is 0 Å². The van der Waals surface area contributed by atoms with Gasteiger partial charge in [0.05, 0.1) is 4.92 Å². The molecule has 1 aliphatic carbocycles. The van der Waals surface area contributed by atoms with E-state index in [1.54, 1.807) is 6.07 Å². The van der Waals surface area contributed by atoms with Crippen molar-refractivity contribution in [3.05, 3.63) is 33.9 Å². The Labute approximate surface area is 129 Å². The molecule has 0 aromatic heterocycles. The predicted molar refractivity (Wildman–Crippen MR) is 83.5 cm³/mol. The zero-order valence-corrected chi connectivity index (χ0v) is 12.5. The zero-order chi connectivity index (χ0) is 15.7. The molecule has 1 aliphatic heterocycles. The molecule has 1 saturated heterocycles. The van der Waals surface area contributed by atoms with Crippen LogP contribution in [0.15, 0.2) is 18.2 Å². The van der Waals surface area contributed by atoms with Crippen molar-refractivity contribution >= 4 is 17.3 Å². The summed E-state index contributed by atoms with van der Waals surface area (Å²) in [7, 11) is 0. The second-order valence-corrected chi connectivity index (χ2v) is 6.28. The van der Waals surface area contributed by atoms with Crippen molar-refractivity contribution in [3.8, 4) is 0 Å². The van der Waals surface area contributed by atoms with E-state index in [-0.39, 0.29) is 17.3 Å². The molecule has 0 unspecified atom stereocenters. The normalized spacial score (nSPS) is 24.6. The number of carbonyl (C=O) groups excluding carboxylic acids is 1. The standard InChI is InChI=1S/C16H21N3O3/c17-13-8-7-12(10-15(13)19(21)22)16(20)18-9-3-5-11-4-1-2-6-14(11)18/h7-8,10-11,14H,1-6,9,17H2/t11-,14-/m0/s1. The Balaban J connectivity index is 1.86. The second-order valence-electron chi connectivity index (χ2n) is 6.28. The molecule has 6 heteroatoms. The number of nitrogens with zero attached hydrogens (tertiary/aromatic N) is 2. The summed E-state index contributed by atoms with van der Waals surface area (Å²) in [6.45, 7) is 0.748. The molecule has 3 rings (SSSR count). The van der Waals surface area contributed by atoms with Gasteiger partial charge in [0.1, 0.15) is 5.69 Å². The second kappa shape index (κ2) is 5.94. The third-order valence-corrected chi connectivity index (χ3v) is 4.98. The van der Waals surface area contributed by atoms with E-state index < -0.39 is 4.92 Å². The van der Waals surface area contributed by atoms with Gasteiger partial charge in [0, 0.05) is 24.2 Å². The van der Waals surface area contributed by atoms with E-state index in [1.165, 1.54) is 31.4 Å². The van der Waals surface area contributed by atoms with Crippen molar-refractivity contribution in [2.24, 2.45) is 5.92 Å². The smallest absolute Gasteiger partial charge is 0.292 e. The van der Waals surface area contributed by atoms with Crippen LogP contribution < -0.4 is 5.73 Å². The van der Waals surface area contributed by atoms with Crippen LogP contribution in [0.3, 0.4) is 0 Å². The highest BCUT2D eigenvalue weighted by Gasteiger charge is 2.36. The summed E-state index contributed by atoms with van der Waals surface area (Å²) in [5, 5.41) is 11.0. The molecule has 2 fully saturated rings. The molecule has 118 valence electrons. The number of benzene rings is 1. The number of rotatable bonds is 2. The fourth-order valence-corrected chi connectivity index (χ4v) is 3.88. The quantitative estimate of drug-likeness (QED) is 0.516. The minimum absolute atomic E-state index is 0.0933. The van der Waals surface area contributed by atoms with E-state index in [2.05, 4.69) is 0 Å². The Morgan fingerprint density at radius 3 is 2.73 bits per heavy atom. The number of anilines is 1. The highest BCUT2D eigenvalue weighted by molar-refractivity contribution is 5.96. The molecule has 2 atom stereocenters. The summed E-state index contributed by atoms with van der Waals surface area (Å²) < 4.78 is 0. The topological polar surface area (TPSA) is 89.5 Å². The number of fused-ring (bicyclic) bond motifs is 1. The van der Waals surface area contributed by atoms with Crippen molar-refractivity contribution in [3.63, 3.8) is 0 Å². The van der Waals surface area contributed by atoms with Crippen LogP contribution in [0.25, 0.3) is 0 Å². The molecule has 1 aromatic carbocycles. The highest BCUT2D eigenvalue weighted by Crippen LogP contribution is 2.36. The predicted octanol–water partition coefficient (Wildman–Crippen LogP) is 2.97. The maximum absolute atomic E-state index is 12.8. The van der Waals surface area contributed by atoms with Crippen molar-refractivity contribution in [1.82, 2.24) is 4.90 Å². The molecule has 1 heterocycles. The molecular weight excluding hydrogens is 282 g/mol. The molecule has 22 heavy (non-hydrogen) atoms. The Morgan fingerprint density at radius 1 is 1.23 bits per heavy atom. The maximum atomic E-state index is 12.8. The first-order chi connectivity index (χ1) is 10.6. The summed E-state index contributed by atoms with van der Waals surface area (Å²) in [6, 6.07) is 4.65. The summed E-state index contributed by atoms with van der Waals surface area (Å²) in [5.74, 6) is 0.495. The Bertz CT molecular complexity index is 600. The van der Waals surface area contributed by atoms with E-state index in [0.29, 0.717) is 17.5 Å². The van der Waals surface area contributed by atoms with Gasteiger partial charge in [-0.3, -0.25) is 14.9 Å². The Kier molecular flexibility index (Phi) is 4.00. The lowest BCUT2D eigenvalue weighted by Gasteiger charge is -2.44. The van der Waals surface area contributed by atoms with Crippen LogP contribution in [-0.2, 0) is 0 Å². The number of likely N-dealkylation sites (tertiary alicyclic amines) is 1. The van der Waals surface area contributed by atoms with Gasteiger partial charge in [0.15, 0.2) is 0 Å². The van der Waals surface area contributed by atoms with Crippen molar-refractivity contribution < 1.29 is 9.72 Å². The molecule has 0 bridgehead atoms. The van der Waals surface area contributed by atoms with Gasteiger partial charge in [-0.25, -0.2) is 0 Å². The molecule has 2 aliphatic rings. The average Bonchev–Trinajstić information content (AvgIpc) is 2.54. The zero-order valence-electron chi connectivity index (χ0n) is 12.5. The summed E-state index contributed by atoms with van der Waals surface area (Å²) in [4.78, 5) is 25.2. The maximum Gasteiger partial charge on any atom is 0.292 e. The van der Waals surface area contributed by atoms with Crippen LogP contribution in [0.2, 0.25) is 0 Å². The van der Waals surface area contributed by atoms with Crippen molar-refractivity contribution in [1.29, 1.82) is 0 Å². The molecular formula is C16H21N3O3. The number of amides is 1. The van der Waals surface area contributed by atoms with Gasteiger partial charge in [-0.05, 0) is 43.7 Å². The van der Waals surface area contributed by atoms with Crippen molar-refractivity contribution in [2.75, 3.05) is 12.3 Å². The number of nitrogens with two attached hydrogens (primary N) is 1. The molecule has 0 spiro atoms. The lowest BCUT2D eigenvalue weighted by molar-refractivity contribution is -0.383. The molecule has 6 nitrogen and oxygen atoms in total. The van der Waals surface area contributed by atoms with Gasteiger partial charge in [0.2, 0.25) is 0 Å². The van der Waals surface area contributed by atoms with Gasteiger partial charge in [-0.1, -0.05) is 12.8 Å². The molecule has 0 radical (unpaired) electrons. The van der Waals surface area contributed by atoms with Gasteiger partial charge in [0.25, 0.3) is 11.6 Å². The van der Waals surface area contributed by atoms with Crippen LogP contribution in [0.4, 0.5) is 11.4 Å². The lowest BCUT2D eigenvalue weighted by atomic mass is 9.78. The van der Waals surface area contributed by atoms with Gasteiger partial charge in [-0.2, -0.15) is 0 Å². The molecule has 1 amide bonds. The van der Waals surface area contributed by atoms with E-state index in [4.69, 9.17) is 5.73 Å². The van der Waals surface area contributed by atoms with Gasteiger partial charge < -0.3 is 10.6 Å². The SMILES string of the molecule is Nc1ccc(C(=O)N2CCC[C@@H]3CCCC[C@@H]32)cc1[N+](=O)[O-]. The Hall–Kier alpha value is -2.11. The van der Waals surface area contributed by atoms with Gasteiger partial charge >= 0.3 is 0 Å². The minimum atomic E-state index is -0.536. The third kappa shape index (κ3) is 2.65. The first kappa shape index (κ1) is 14.8. The number of nitro groups is 1. The van der Waals surface area contributed by atoms with E-state index in [1.807, 2.05) is 4.90 Å². The third-order valence-electron chi connectivity index (χ3n) is 4.98. The average molecular weight is 303 g/mol. The van der Waals surface area contributed by atoms with E-state index in [0.717, 1.165) is 25.8 Å². The number of piperidine rings is 1. The number of hydrogen-bond acceptors (Lipinski definition) is 4. The Morgan fingerprint density at radius 2 is 1.95 bits per heavy atom. The molecule has 1 aromatic rings. The van der Waals surface area contributed by atoms with Gasteiger partial charge in [-0.15, -0.1) is 0 Å². The number of nitro benzene ring substituents is 1. The van der Waals surface area contributed by atoms with Crippen LogP contribution in [-0.4, -0.2) is 28.3 Å². The monoisotopic (exact) mass is 303 g/mol. The van der Waals surface area contributed by atoms with Crippen molar-refractivity contribution in [2.45, 2.75) is 44.6 Å². The molecule has 2 N–H and O–H groups in total. The first-order valence-corrected chi connectivity index (χ1v) is 7.93. The summed E-state index contributed by atoms with van der Waals surface area (Å²) >= 11 is 0. The largest absolute Gasteiger partial charge is 0.393 e. The lowest BCUT2D eigenvalue weighted by Crippen LogP contribution is -2.49. The summed E-state index contributed by atoms with van der Waals surface area (Å²) in [5.41, 5.74) is 5.88. The highest BCUT2D eigenvalue weighted by atomic mass is 16.6.